The highest BCUT2D eigenvalue weighted by atomic mass is 19.4. The molecule has 0 aliphatic heterocycles. The van der Waals surface area contributed by atoms with E-state index in [9.17, 15) is 18.0 Å². The predicted octanol–water partition coefficient (Wildman–Crippen LogP) is 2.67. The summed E-state index contributed by atoms with van der Waals surface area (Å²) in [6.45, 7) is 0.612. The number of aromatic amines is 1. The van der Waals surface area contributed by atoms with E-state index in [4.69, 9.17) is 5.73 Å². The van der Waals surface area contributed by atoms with E-state index in [0.717, 1.165) is 17.7 Å². The molecule has 5 nitrogen and oxygen atoms in total. The number of alkyl halides is 3. The van der Waals surface area contributed by atoms with Crippen LogP contribution in [0.1, 0.15) is 54.7 Å². The van der Waals surface area contributed by atoms with Crippen LogP contribution in [0.4, 0.5) is 18.9 Å². The van der Waals surface area contributed by atoms with Gasteiger partial charge in [-0.2, -0.15) is 18.3 Å². The highest BCUT2D eigenvalue weighted by Crippen LogP contribution is 2.42. The minimum absolute atomic E-state index is 0.0416. The molecule has 1 aromatic heterocycles. The Bertz CT molecular complexity index is 508. The van der Waals surface area contributed by atoms with Crippen molar-refractivity contribution in [2.24, 2.45) is 0 Å². The van der Waals surface area contributed by atoms with Gasteiger partial charge in [0.1, 0.15) is 6.54 Å². The Labute approximate surface area is 120 Å². The van der Waals surface area contributed by atoms with Crippen LogP contribution in [0.3, 0.4) is 0 Å². The first kappa shape index (κ1) is 15.7. The lowest BCUT2D eigenvalue weighted by Gasteiger charge is -2.23. The summed E-state index contributed by atoms with van der Waals surface area (Å²) in [4.78, 5) is 13.0. The molecule has 1 amide bonds. The van der Waals surface area contributed by atoms with Gasteiger partial charge in [0.05, 0.1) is 11.4 Å². The molecule has 1 aliphatic carbocycles. The largest absolute Gasteiger partial charge is 0.406 e. The molecule has 0 atom stereocenters. The number of carbonyl (C=O) groups is 1. The molecule has 118 valence electrons. The summed E-state index contributed by atoms with van der Waals surface area (Å²) in [5, 5.41) is 6.51. The van der Waals surface area contributed by atoms with Crippen molar-refractivity contribution in [1.82, 2.24) is 15.1 Å². The van der Waals surface area contributed by atoms with Crippen molar-refractivity contribution in [2.45, 2.75) is 44.7 Å². The third kappa shape index (κ3) is 3.89. The zero-order valence-corrected chi connectivity index (χ0v) is 11.8. The fourth-order valence-electron chi connectivity index (χ4n) is 2.18. The Hall–Kier alpha value is -1.73. The Morgan fingerprint density at radius 2 is 2.14 bits per heavy atom. The number of hydrogen-bond donors (Lipinski definition) is 2. The monoisotopic (exact) mass is 304 g/mol. The lowest BCUT2D eigenvalue weighted by Crippen LogP contribution is -2.40. The molecule has 1 fully saturated rings. The molecule has 21 heavy (non-hydrogen) atoms. The highest BCUT2D eigenvalue weighted by Gasteiger charge is 2.36. The van der Waals surface area contributed by atoms with E-state index in [-0.39, 0.29) is 23.8 Å². The molecule has 1 aliphatic rings. The van der Waals surface area contributed by atoms with Crippen LogP contribution in [0.2, 0.25) is 0 Å². The summed E-state index contributed by atoms with van der Waals surface area (Å²) < 4.78 is 37.8. The van der Waals surface area contributed by atoms with Crippen molar-refractivity contribution < 1.29 is 18.0 Å². The molecule has 2 rings (SSSR count). The maximum atomic E-state index is 12.6. The van der Waals surface area contributed by atoms with Gasteiger partial charge in [0.15, 0.2) is 5.69 Å². The maximum Gasteiger partial charge on any atom is 0.406 e. The van der Waals surface area contributed by atoms with Crippen molar-refractivity contribution in [3.63, 3.8) is 0 Å². The number of nitrogens with zero attached hydrogens (tertiary/aromatic N) is 2. The number of rotatable bonds is 6. The summed E-state index contributed by atoms with van der Waals surface area (Å²) in [6, 6.07) is 0. The number of nitrogens with two attached hydrogens (primary N) is 1. The van der Waals surface area contributed by atoms with E-state index in [1.54, 1.807) is 0 Å². The first-order chi connectivity index (χ1) is 9.83. The van der Waals surface area contributed by atoms with Crippen LogP contribution in [-0.4, -0.2) is 40.3 Å². The molecule has 0 saturated heterocycles. The quantitative estimate of drug-likeness (QED) is 0.848. The zero-order chi connectivity index (χ0) is 15.6. The molecular formula is C13H19F3N4O. The fraction of sp³-hybridized carbons (Fsp3) is 0.692. The summed E-state index contributed by atoms with van der Waals surface area (Å²) in [5.41, 5.74) is 6.61. The van der Waals surface area contributed by atoms with Crippen molar-refractivity contribution >= 4 is 11.6 Å². The van der Waals surface area contributed by atoms with Crippen LogP contribution in [0, 0.1) is 0 Å². The number of anilines is 1. The van der Waals surface area contributed by atoms with Gasteiger partial charge < -0.3 is 10.6 Å². The molecule has 3 N–H and O–H groups in total. The van der Waals surface area contributed by atoms with Crippen LogP contribution in [-0.2, 0) is 0 Å². The maximum absolute atomic E-state index is 12.6. The molecule has 0 unspecified atom stereocenters. The van der Waals surface area contributed by atoms with E-state index >= 15 is 0 Å². The second-order valence-corrected chi connectivity index (χ2v) is 5.37. The number of aromatic nitrogens is 2. The number of H-pyrrole nitrogens is 1. The Kier molecular flexibility index (Phi) is 4.43. The minimum Gasteiger partial charge on any atom is -0.395 e. The first-order valence-electron chi connectivity index (χ1n) is 7.03. The predicted molar refractivity (Wildman–Crippen MR) is 71.8 cm³/mol. The number of nitrogens with one attached hydrogen (secondary N) is 1. The Morgan fingerprint density at radius 1 is 1.48 bits per heavy atom. The third-order valence-electron chi connectivity index (χ3n) is 3.46. The van der Waals surface area contributed by atoms with Crippen LogP contribution in [0.15, 0.2) is 0 Å². The van der Waals surface area contributed by atoms with Gasteiger partial charge in [-0.3, -0.25) is 9.89 Å². The van der Waals surface area contributed by atoms with Crippen molar-refractivity contribution in [3.05, 3.63) is 11.4 Å². The summed E-state index contributed by atoms with van der Waals surface area (Å²) in [7, 11) is 0. The van der Waals surface area contributed by atoms with Crippen LogP contribution < -0.4 is 5.73 Å². The molecule has 1 heterocycles. The van der Waals surface area contributed by atoms with Gasteiger partial charge in [-0.05, 0) is 19.3 Å². The number of unbranched alkanes of at least 4 members (excludes halogenated alkanes) is 1. The molecule has 0 bridgehead atoms. The molecule has 0 radical (unpaired) electrons. The minimum atomic E-state index is -4.44. The topological polar surface area (TPSA) is 75.0 Å². The van der Waals surface area contributed by atoms with Gasteiger partial charge in [-0.25, -0.2) is 0 Å². The summed E-state index contributed by atoms with van der Waals surface area (Å²) in [6.07, 6.45) is -1.31. The van der Waals surface area contributed by atoms with E-state index in [1.165, 1.54) is 0 Å². The number of hydrogen-bond acceptors (Lipinski definition) is 3. The second-order valence-electron chi connectivity index (χ2n) is 5.37. The Balaban J connectivity index is 2.16. The average molecular weight is 304 g/mol. The van der Waals surface area contributed by atoms with Gasteiger partial charge in [0, 0.05) is 12.5 Å². The number of halogens is 3. The SMILES string of the molecule is CCCCN(CC(F)(F)F)C(=O)c1n[nH]c(C2CC2)c1N. The van der Waals surface area contributed by atoms with Gasteiger partial charge in [-0.15, -0.1) is 0 Å². The molecule has 0 spiro atoms. The molecule has 8 heteroatoms. The fourth-order valence-corrected chi connectivity index (χ4v) is 2.18. The normalized spacial score (nSPS) is 15.2. The van der Waals surface area contributed by atoms with Crippen molar-refractivity contribution in [3.8, 4) is 0 Å². The van der Waals surface area contributed by atoms with Crippen LogP contribution >= 0.6 is 0 Å². The average Bonchev–Trinajstić information content (AvgIpc) is 3.16. The van der Waals surface area contributed by atoms with E-state index < -0.39 is 18.6 Å². The smallest absolute Gasteiger partial charge is 0.395 e. The lowest BCUT2D eigenvalue weighted by molar-refractivity contribution is -0.140. The van der Waals surface area contributed by atoms with Gasteiger partial charge in [-0.1, -0.05) is 13.3 Å². The number of nitrogen functional groups attached to an aromatic ring is 1. The second kappa shape index (κ2) is 5.95. The van der Waals surface area contributed by atoms with Crippen LogP contribution in [0.25, 0.3) is 0 Å². The molecule has 0 aromatic carbocycles. The highest BCUT2D eigenvalue weighted by molar-refractivity contribution is 5.97. The molecule has 1 saturated carbocycles. The Morgan fingerprint density at radius 3 is 2.67 bits per heavy atom. The van der Waals surface area contributed by atoms with Gasteiger partial charge in [0.25, 0.3) is 5.91 Å². The van der Waals surface area contributed by atoms with E-state index in [1.807, 2.05) is 6.92 Å². The van der Waals surface area contributed by atoms with Crippen LogP contribution in [0.5, 0.6) is 0 Å². The van der Waals surface area contributed by atoms with E-state index in [2.05, 4.69) is 10.2 Å². The standard InChI is InChI=1S/C13H19F3N4O/c1-2-3-6-20(7-13(14,15)16)12(21)11-9(17)10(18-19-11)8-4-5-8/h8H,2-7,17H2,1H3,(H,18,19). The first-order valence-corrected chi connectivity index (χ1v) is 7.03. The lowest BCUT2D eigenvalue weighted by atomic mass is 10.2. The summed E-state index contributed by atoms with van der Waals surface area (Å²) in [5.74, 6) is -0.507. The third-order valence-corrected chi connectivity index (χ3v) is 3.46. The molecule has 1 aromatic rings. The van der Waals surface area contributed by atoms with Crippen molar-refractivity contribution in [2.75, 3.05) is 18.8 Å². The number of amides is 1. The van der Waals surface area contributed by atoms with Crippen molar-refractivity contribution in [1.29, 1.82) is 0 Å². The zero-order valence-electron chi connectivity index (χ0n) is 11.8. The number of carbonyl (C=O) groups excluding carboxylic acids is 1. The van der Waals surface area contributed by atoms with Gasteiger partial charge in [0.2, 0.25) is 0 Å². The summed E-state index contributed by atoms with van der Waals surface area (Å²) >= 11 is 0. The molecular weight excluding hydrogens is 285 g/mol. The van der Waals surface area contributed by atoms with Gasteiger partial charge >= 0.3 is 6.18 Å². The van der Waals surface area contributed by atoms with E-state index in [0.29, 0.717) is 18.5 Å².